The van der Waals surface area contributed by atoms with Crippen LogP contribution in [-0.4, -0.2) is 50.1 Å². The van der Waals surface area contributed by atoms with Gasteiger partial charge in [-0.25, -0.2) is 4.63 Å². The average Bonchev–Trinajstić information content (AvgIpc) is 3.63. The lowest BCUT2D eigenvalue weighted by atomic mass is 9.97. The molecule has 0 saturated carbocycles. The van der Waals surface area contributed by atoms with Crippen molar-refractivity contribution in [2.24, 2.45) is 0 Å². The van der Waals surface area contributed by atoms with E-state index in [4.69, 9.17) is 25.7 Å². The van der Waals surface area contributed by atoms with Crippen molar-refractivity contribution in [1.82, 2.24) is 15.2 Å². The number of aliphatic hydroxyl groups excluding tert-OH is 1. The molecule has 1 aliphatic rings. The number of nitrogens with zero attached hydrogens (tertiary/aromatic N) is 3. The lowest BCUT2D eigenvalue weighted by Gasteiger charge is -2.23. The van der Waals surface area contributed by atoms with Gasteiger partial charge in [-0.1, -0.05) is 66.2 Å². The summed E-state index contributed by atoms with van der Waals surface area (Å²) < 4.78 is 17.3. The number of likely N-dealkylation sites (tertiary alicyclic amines) is 1. The van der Waals surface area contributed by atoms with Gasteiger partial charge in [0.2, 0.25) is 0 Å². The molecule has 1 aliphatic heterocycles. The number of carbonyl (C=O) groups is 1. The van der Waals surface area contributed by atoms with Crippen LogP contribution in [0.2, 0.25) is 5.02 Å². The summed E-state index contributed by atoms with van der Waals surface area (Å²) in [5.74, 6) is -0.0388. The van der Waals surface area contributed by atoms with Crippen molar-refractivity contribution in [3.05, 3.63) is 106 Å². The van der Waals surface area contributed by atoms with Crippen LogP contribution in [0.4, 0.5) is 0 Å². The molecule has 10 heteroatoms. The third-order valence-corrected chi connectivity index (χ3v) is 8.08. The molecular weight excluding hydrogens is 570 g/mol. The number of aromatic nitrogens is 2. The summed E-state index contributed by atoms with van der Waals surface area (Å²) in [5.41, 5.74) is 7.19. The van der Waals surface area contributed by atoms with Crippen molar-refractivity contribution in [1.29, 1.82) is 0 Å². The molecule has 2 N–H and O–H groups in total. The molecule has 1 saturated heterocycles. The second-order valence-electron chi connectivity index (χ2n) is 10.7. The van der Waals surface area contributed by atoms with Gasteiger partial charge in [0.15, 0.2) is 0 Å². The molecule has 0 amide bonds. The summed E-state index contributed by atoms with van der Waals surface area (Å²) in [6.45, 7) is 3.04. The van der Waals surface area contributed by atoms with Crippen molar-refractivity contribution in [2.45, 2.75) is 45.2 Å². The molecule has 0 spiro atoms. The molecule has 220 valence electrons. The fourth-order valence-corrected chi connectivity index (χ4v) is 5.72. The molecule has 2 heterocycles. The van der Waals surface area contributed by atoms with Gasteiger partial charge in [-0.2, -0.15) is 0 Å². The van der Waals surface area contributed by atoms with E-state index >= 15 is 0 Å². The molecule has 1 aromatic heterocycles. The van der Waals surface area contributed by atoms with Gasteiger partial charge in [0, 0.05) is 31.1 Å². The van der Waals surface area contributed by atoms with Crippen molar-refractivity contribution in [3.8, 4) is 22.6 Å². The minimum atomic E-state index is -0.979. The van der Waals surface area contributed by atoms with E-state index in [1.807, 2.05) is 42.5 Å². The lowest BCUT2D eigenvalue weighted by Crippen LogP contribution is -2.35. The Morgan fingerprint density at radius 3 is 2.56 bits per heavy atom. The Labute approximate surface area is 253 Å². The number of carboxylic acids is 1. The van der Waals surface area contributed by atoms with Crippen molar-refractivity contribution < 1.29 is 29.1 Å². The highest BCUT2D eigenvalue weighted by atomic mass is 35.5. The maximum absolute atomic E-state index is 11.9. The largest absolute Gasteiger partial charge is 0.488 e. The molecule has 5 aromatic rings. The molecule has 4 aromatic carbocycles. The normalized spacial score (nSPS) is 16.9. The Hall–Kier alpha value is -4.44. The number of rotatable bonds is 10. The molecule has 0 radical (unpaired) electrons. The van der Waals surface area contributed by atoms with Crippen LogP contribution in [-0.2, 0) is 24.6 Å². The summed E-state index contributed by atoms with van der Waals surface area (Å²) in [7, 11) is 0. The summed E-state index contributed by atoms with van der Waals surface area (Å²) >= 11 is 6.73. The van der Waals surface area contributed by atoms with Gasteiger partial charge < -0.3 is 19.7 Å². The number of benzene rings is 4. The number of fused-ring (bicyclic) bond motifs is 1. The first-order chi connectivity index (χ1) is 20.9. The van der Waals surface area contributed by atoms with E-state index in [-0.39, 0.29) is 26.1 Å². The molecule has 0 unspecified atom stereocenters. The second kappa shape index (κ2) is 12.4. The summed E-state index contributed by atoms with van der Waals surface area (Å²) in [5, 5.41) is 28.0. The number of β-amino-alcohol motifs (C(OH)–C–C–N with tert-alkyl or cyclic N) is 1. The SMILES string of the molecule is Cc1c(COc2cc(OCc3ccc4nonc4c3)c(CN3C[C@H](O)C[C@@H]3C(=O)O)cc2Cl)cccc1-c1ccccc1. The van der Waals surface area contributed by atoms with E-state index in [1.165, 1.54) is 0 Å². The monoisotopic (exact) mass is 599 g/mol. The molecule has 0 bridgehead atoms. The third-order valence-electron chi connectivity index (χ3n) is 7.78. The Balaban J connectivity index is 1.27. The minimum absolute atomic E-state index is 0.160. The predicted molar refractivity (Wildman–Crippen MR) is 161 cm³/mol. The molecule has 0 aliphatic carbocycles. The first-order valence-corrected chi connectivity index (χ1v) is 14.3. The molecule has 6 rings (SSSR count). The Morgan fingerprint density at radius 2 is 1.74 bits per heavy atom. The first kappa shape index (κ1) is 28.7. The zero-order valence-electron chi connectivity index (χ0n) is 23.4. The van der Waals surface area contributed by atoms with Gasteiger partial charge in [0.1, 0.15) is 41.8 Å². The highest BCUT2D eigenvalue weighted by molar-refractivity contribution is 6.32. The molecule has 2 atom stereocenters. The van der Waals surface area contributed by atoms with E-state index in [2.05, 4.69) is 35.4 Å². The van der Waals surface area contributed by atoms with E-state index in [0.717, 1.165) is 27.8 Å². The number of halogens is 1. The standard InChI is InChI=1S/C33H30ClN3O6/c1-20-23(8-5-9-26(20)22-6-3-2-4-7-22)19-42-32-15-31(41-18-21-10-11-28-29(12-21)36-43-35-28)24(13-27(32)34)16-37-17-25(38)14-30(37)33(39)40/h2-13,15,25,30,38H,14,16-19H2,1H3,(H,39,40)/t25-,30-/m1/s1. The van der Waals surface area contributed by atoms with Crippen molar-refractivity contribution >= 4 is 28.6 Å². The van der Waals surface area contributed by atoms with Crippen LogP contribution < -0.4 is 9.47 Å². The number of ether oxygens (including phenoxy) is 2. The first-order valence-electron chi connectivity index (χ1n) is 13.9. The second-order valence-corrected chi connectivity index (χ2v) is 11.1. The van der Waals surface area contributed by atoms with E-state index < -0.39 is 18.1 Å². The van der Waals surface area contributed by atoms with E-state index in [0.29, 0.717) is 39.7 Å². The fourth-order valence-electron chi connectivity index (χ4n) is 5.48. The van der Waals surface area contributed by atoms with Crippen LogP contribution in [0.15, 0.2) is 83.5 Å². The lowest BCUT2D eigenvalue weighted by molar-refractivity contribution is -0.142. The van der Waals surface area contributed by atoms with E-state index in [1.54, 1.807) is 23.1 Å². The molecule has 1 fully saturated rings. The maximum atomic E-state index is 11.9. The smallest absolute Gasteiger partial charge is 0.321 e. The van der Waals surface area contributed by atoms with Gasteiger partial charge >= 0.3 is 5.97 Å². The van der Waals surface area contributed by atoms with Gasteiger partial charge in [0.05, 0.1) is 11.1 Å². The summed E-state index contributed by atoms with van der Waals surface area (Å²) in [4.78, 5) is 13.6. The predicted octanol–water partition coefficient (Wildman–Crippen LogP) is 6.03. The van der Waals surface area contributed by atoms with Crippen LogP contribution in [0.25, 0.3) is 22.2 Å². The van der Waals surface area contributed by atoms with Gasteiger partial charge in [0.25, 0.3) is 0 Å². The maximum Gasteiger partial charge on any atom is 0.321 e. The summed E-state index contributed by atoms with van der Waals surface area (Å²) in [6, 6.07) is 24.5. The van der Waals surface area contributed by atoms with Crippen molar-refractivity contribution in [3.63, 3.8) is 0 Å². The topological polar surface area (TPSA) is 118 Å². The zero-order chi connectivity index (χ0) is 29.9. The van der Waals surface area contributed by atoms with Crippen LogP contribution in [0.1, 0.15) is 28.7 Å². The Morgan fingerprint density at radius 1 is 0.953 bits per heavy atom. The summed E-state index contributed by atoms with van der Waals surface area (Å²) in [6.07, 6.45) is -0.561. The van der Waals surface area contributed by atoms with Crippen LogP contribution in [0.3, 0.4) is 0 Å². The highest BCUT2D eigenvalue weighted by Gasteiger charge is 2.36. The molecular formula is C33H30ClN3O6. The van der Waals surface area contributed by atoms with E-state index in [9.17, 15) is 15.0 Å². The number of aliphatic hydroxyl groups is 1. The number of hydrogen-bond donors (Lipinski definition) is 2. The van der Waals surface area contributed by atoms with Gasteiger partial charge in [-0.05, 0) is 63.3 Å². The number of carboxylic acid groups (broad SMARTS) is 1. The van der Waals surface area contributed by atoms with Gasteiger partial charge in [-0.15, -0.1) is 0 Å². The van der Waals surface area contributed by atoms with Crippen molar-refractivity contribution in [2.75, 3.05) is 6.54 Å². The number of hydrogen-bond acceptors (Lipinski definition) is 8. The van der Waals surface area contributed by atoms with Crippen LogP contribution >= 0.6 is 11.6 Å². The average molecular weight is 600 g/mol. The van der Waals surface area contributed by atoms with Gasteiger partial charge in [-0.3, -0.25) is 9.69 Å². The third kappa shape index (κ3) is 6.34. The molecule has 43 heavy (non-hydrogen) atoms. The minimum Gasteiger partial charge on any atom is -0.488 e. The molecule has 9 nitrogen and oxygen atoms in total. The van der Waals surface area contributed by atoms with Crippen LogP contribution in [0, 0.1) is 6.92 Å². The Bertz CT molecular complexity index is 1760. The number of aliphatic carboxylic acids is 1. The fraction of sp³-hybridized carbons (Fsp3) is 0.242. The zero-order valence-corrected chi connectivity index (χ0v) is 24.2. The highest BCUT2D eigenvalue weighted by Crippen LogP contribution is 2.36. The quantitative estimate of drug-likeness (QED) is 0.198. The Kier molecular flexibility index (Phi) is 8.29. The van der Waals surface area contributed by atoms with Crippen LogP contribution in [0.5, 0.6) is 11.5 Å².